The molecule has 1 amide bonds. The summed E-state index contributed by atoms with van der Waals surface area (Å²) < 4.78 is 0. The van der Waals surface area contributed by atoms with Crippen LogP contribution in [-0.2, 0) is 0 Å². The van der Waals surface area contributed by atoms with Gasteiger partial charge in [0.2, 0.25) is 5.96 Å². The Bertz CT molecular complexity index is 454. The molecule has 0 bridgehead atoms. The lowest BCUT2D eigenvalue weighted by Gasteiger charge is -2.04. The number of nitrogen functional groups attached to an aromatic ring is 2. The SMILES string of the molecule is NC(N)=NNC(=O)c1nc(Cl)c(N)nc1N. The Morgan fingerprint density at radius 1 is 1.25 bits per heavy atom. The molecule has 16 heavy (non-hydrogen) atoms. The second kappa shape index (κ2) is 4.49. The van der Waals surface area contributed by atoms with E-state index in [4.69, 9.17) is 34.5 Å². The van der Waals surface area contributed by atoms with Crippen LogP contribution < -0.4 is 28.4 Å². The molecule has 0 atom stereocenters. The molecule has 0 unspecified atom stereocenters. The Morgan fingerprint density at radius 2 is 1.88 bits per heavy atom. The lowest BCUT2D eigenvalue weighted by atomic mass is 10.4. The zero-order valence-electron chi connectivity index (χ0n) is 7.94. The Hall–Kier alpha value is -2.29. The molecule has 1 aromatic rings. The number of halogens is 1. The van der Waals surface area contributed by atoms with Crippen LogP contribution >= 0.6 is 11.6 Å². The van der Waals surface area contributed by atoms with Crippen molar-refractivity contribution in [3.8, 4) is 0 Å². The summed E-state index contributed by atoms with van der Waals surface area (Å²) in [7, 11) is 0. The highest BCUT2D eigenvalue weighted by Gasteiger charge is 2.15. The van der Waals surface area contributed by atoms with Crippen molar-refractivity contribution in [2.75, 3.05) is 11.5 Å². The summed E-state index contributed by atoms with van der Waals surface area (Å²) in [5, 5.41) is 3.13. The summed E-state index contributed by atoms with van der Waals surface area (Å²) in [5.41, 5.74) is 22.5. The first kappa shape index (κ1) is 11.8. The third-order valence-corrected chi connectivity index (χ3v) is 1.68. The average molecular weight is 245 g/mol. The molecule has 0 aliphatic carbocycles. The van der Waals surface area contributed by atoms with Gasteiger partial charge < -0.3 is 22.9 Å². The minimum atomic E-state index is -0.750. The second-order valence-corrected chi connectivity index (χ2v) is 2.97. The Morgan fingerprint density at radius 3 is 2.44 bits per heavy atom. The van der Waals surface area contributed by atoms with E-state index in [-0.39, 0.29) is 28.4 Å². The minimum absolute atomic E-state index is 0.0717. The summed E-state index contributed by atoms with van der Waals surface area (Å²) in [6.07, 6.45) is 0. The van der Waals surface area contributed by atoms with Gasteiger partial charge in [-0.25, -0.2) is 15.4 Å². The highest BCUT2D eigenvalue weighted by atomic mass is 35.5. The molecule has 0 aromatic carbocycles. The van der Waals surface area contributed by atoms with Crippen molar-refractivity contribution in [3.05, 3.63) is 10.8 Å². The fourth-order valence-electron chi connectivity index (χ4n) is 0.777. The molecule has 0 spiro atoms. The van der Waals surface area contributed by atoms with Crippen LogP contribution in [0.25, 0.3) is 0 Å². The van der Waals surface area contributed by atoms with Crippen molar-refractivity contribution in [3.63, 3.8) is 0 Å². The number of amides is 1. The monoisotopic (exact) mass is 244 g/mol. The fourth-order valence-corrected chi connectivity index (χ4v) is 0.904. The van der Waals surface area contributed by atoms with E-state index in [9.17, 15) is 4.79 Å². The van der Waals surface area contributed by atoms with Crippen LogP contribution in [0.3, 0.4) is 0 Å². The van der Waals surface area contributed by atoms with Crippen LogP contribution in [0.5, 0.6) is 0 Å². The molecule has 1 rings (SSSR count). The zero-order valence-corrected chi connectivity index (χ0v) is 8.69. The quantitative estimate of drug-likeness (QED) is 0.232. The van der Waals surface area contributed by atoms with Gasteiger partial charge in [0, 0.05) is 0 Å². The number of hydrazone groups is 1. The molecule has 9 N–H and O–H groups in total. The number of nitrogens with zero attached hydrogens (tertiary/aromatic N) is 3. The fraction of sp³-hybridized carbons (Fsp3) is 0. The first-order valence-electron chi connectivity index (χ1n) is 3.89. The lowest BCUT2D eigenvalue weighted by Crippen LogP contribution is -2.30. The molecule has 0 aliphatic heterocycles. The normalized spacial score (nSPS) is 9.56. The van der Waals surface area contributed by atoms with Crippen LogP contribution in [0, 0.1) is 0 Å². The van der Waals surface area contributed by atoms with Crippen molar-refractivity contribution in [2.45, 2.75) is 0 Å². The van der Waals surface area contributed by atoms with Crippen LogP contribution in [-0.4, -0.2) is 21.8 Å². The predicted molar refractivity (Wildman–Crippen MR) is 59.1 cm³/mol. The number of carbonyl (C=O) groups excluding carboxylic acids is 1. The largest absolute Gasteiger partial charge is 0.382 e. The maximum absolute atomic E-state index is 11.4. The molecule has 1 heterocycles. The van der Waals surface area contributed by atoms with E-state index in [1.807, 2.05) is 5.43 Å². The number of carbonyl (C=O) groups is 1. The maximum Gasteiger partial charge on any atom is 0.293 e. The number of nitrogens with one attached hydrogen (secondary N) is 1. The molecule has 10 heteroatoms. The van der Waals surface area contributed by atoms with Gasteiger partial charge in [-0.3, -0.25) is 4.79 Å². The molecular formula is C6H9ClN8O. The van der Waals surface area contributed by atoms with E-state index in [2.05, 4.69) is 15.1 Å². The average Bonchev–Trinajstić information content (AvgIpc) is 2.20. The minimum Gasteiger partial charge on any atom is -0.382 e. The molecule has 0 fully saturated rings. The van der Waals surface area contributed by atoms with Crippen molar-refractivity contribution in [1.29, 1.82) is 0 Å². The topological polar surface area (TPSA) is 171 Å². The highest BCUT2D eigenvalue weighted by Crippen LogP contribution is 2.16. The van der Waals surface area contributed by atoms with Gasteiger partial charge in [0.25, 0.3) is 5.91 Å². The van der Waals surface area contributed by atoms with E-state index >= 15 is 0 Å². The maximum atomic E-state index is 11.4. The van der Waals surface area contributed by atoms with Gasteiger partial charge in [-0.15, -0.1) is 5.10 Å². The van der Waals surface area contributed by atoms with Crippen LogP contribution in [0.1, 0.15) is 10.5 Å². The molecule has 0 aliphatic rings. The predicted octanol–water partition coefficient (Wildman–Crippen LogP) is -1.79. The third kappa shape index (κ3) is 2.60. The van der Waals surface area contributed by atoms with Crippen molar-refractivity contribution < 1.29 is 4.79 Å². The second-order valence-electron chi connectivity index (χ2n) is 2.61. The summed E-state index contributed by atoms with van der Waals surface area (Å²) in [4.78, 5) is 18.7. The van der Waals surface area contributed by atoms with Crippen LogP contribution in [0.4, 0.5) is 11.6 Å². The van der Waals surface area contributed by atoms with Crippen molar-refractivity contribution >= 4 is 35.1 Å². The molecule has 9 nitrogen and oxygen atoms in total. The zero-order chi connectivity index (χ0) is 12.3. The van der Waals surface area contributed by atoms with Gasteiger partial charge in [0.1, 0.15) is 0 Å². The van der Waals surface area contributed by atoms with Crippen molar-refractivity contribution in [1.82, 2.24) is 15.4 Å². The highest BCUT2D eigenvalue weighted by molar-refractivity contribution is 6.31. The van der Waals surface area contributed by atoms with Gasteiger partial charge >= 0.3 is 0 Å². The van der Waals surface area contributed by atoms with Crippen LogP contribution in [0.2, 0.25) is 5.15 Å². The smallest absolute Gasteiger partial charge is 0.293 e. The molecular weight excluding hydrogens is 236 g/mol. The first-order valence-corrected chi connectivity index (χ1v) is 4.27. The lowest BCUT2D eigenvalue weighted by molar-refractivity contribution is 0.0950. The van der Waals surface area contributed by atoms with E-state index < -0.39 is 5.91 Å². The summed E-state index contributed by atoms with van der Waals surface area (Å²) in [6, 6.07) is 0. The Kier molecular flexibility index (Phi) is 3.30. The Labute approximate surface area is 94.8 Å². The summed E-state index contributed by atoms with van der Waals surface area (Å²) in [6.45, 7) is 0. The van der Waals surface area contributed by atoms with Gasteiger partial charge in [-0.05, 0) is 0 Å². The third-order valence-electron chi connectivity index (χ3n) is 1.41. The van der Waals surface area contributed by atoms with Gasteiger partial charge in [-0.1, -0.05) is 11.6 Å². The molecule has 0 saturated heterocycles. The number of nitrogens with two attached hydrogens (primary N) is 4. The summed E-state index contributed by atoms with van der Waals surface area (Å²) >= 11 is 5.57. The molecule has 1 aromatic heterocycles. The van der Waals surface area contributed by atoms with Gasteiger partial charge in [-0.2, -0.15) is 0 Å². The van der Waals surface area contributed by atoms with Gasteiger partial charge in [0.05, 0.1) is 0 Å². The van der Waals surface area contributed by atoms with E-state index in [0.717, 1.165) is 0 Å². The molecule has 0 saturated carbocycles. The Balaban J connectivity index is 3.00. The standard InChI is InChI=1S/C6H9ClN8O/c7-2-4(9)13-3(8)1(12-2)5(16)14-15-6(10)11/h(H,14,16)(H4,8,9,13)(H4,10,11,15). The van der Waals surface area contributed by atoms with Crippen LogP contribution in [0.15, 0.2) is 5.10 Å². The number of hydrogen-bond acceptors (Lipinski definition) is 6. The number of hydrogen-bond donors (Lipinski definition) is 5. The van der Waals surface area contributed by atoms with Gasteiger partial charge in [0.15, 0.2) is 22.5 Å². The van der Waals surface area contributed by atoms with E-state index in [1.54, 1.807) is 0 Å². The molecule has 0 radical (unpaired) electrons. The first-order chi connectivity index (χ1) is 7.41. The number of rotatable bonds is 2. The number of guanidine groups is 1. The summed E-state index contributed by atoms with van der Waals surface area (Å²) in [5.74, 6) is -1.32. The number of aromatic nitrogens is 2. The molecule has 86 valence electrons. The van der Waals surface area contributed by atoms with E-state index in [1.165, 1.54) is 0 Å². The number of anilines is 2. The van der Waals surface area contributed by atoms with E-state index in [0.29, 0.717) is 0 Å². The van der Waals surface area contributed by atoms with Crippen molar-refractivity contribution in [2.24, 2.45) is 16.6 Å².